The Kier molecular flexibility index (Phi) is 5.84. The number of hydrogen-bond donors (Lipinski definition) is 0. The summed E-state index contributed by atoms with van der Waals surface area (Å²) in [4.78, 5) is 11.9. The van der Waals surface area contributed by atoms with Crippen molar-refractivity contribution in [2.75, 3.05) is 7.11 Å². The van der Waals surface area contributed by atoms with Gasteiger partial charge in [0.05, 0.1) is 13.2 Å². The first kappa shape index (κ1) is 19.5. The van der Waals surface area contributed by atoms with Gasteiger partial charge in [0.25, 0.3) is 0 Å². The lowest BCUT2D eigenvalue weighted by atomic mass is 9.93. The van der Waals surface area contributed by atoms with Crippen LogP contribution >= 0.6 is 0 Å². The summed E-state index contributed by atoms with van der Waals surface area (Å²) in [6.07, 6.45) is -0.993. The van der Waals surface area contributed by atoms with Crippen LogP contribution in [0.3, 0.4) is 0 Å². The molecule has 0 aromatic heterocycles. The number of hydrogen-bond acceptors (Lipinski definition) is 4. The minimum atomic E-state index is -1.81. The predicted octanol–water partition coefficient (Wildman–Crippen LogP) is 3.55. The van der Waals surface area contributed by atoms with Gasteiger partial charge in [-0.25, -0.2) is 4.79 Å². The molecule has 2 aliphatic heterocycles. The highest BCUT2D eigenvalue weighted by Crippen LogP contribution is 2.43. The van der Waals surface area contributed by atoms with E-state index in [-0.39, 0.29) is 30.2 Å². The van der Waals surface area contributed by atoms with Gasteiger partial charge in [0.2, 0.25) is 0 Å². The third-order valence-electron chi connectivity index (χ3n) is 5.88. The first-order valence-corrected chi connectivity index (χ1v) is 11.3. The summed E-state index contributed by atoms with van der Waals surface area (Å²) < 4.78 is 16.5. The van der Waals surface area contributed by atoms with Gasteiger partial charge in [-0.3, -0.25) is 0 Å². The molecule has 0 aromatic rings. The number of ether oxygens (including phenoxy) is 3. The summed E-state index contributed by atoms with van der Waals surface area (Å²) in [5.41, 5.74) is 5.43. The first-order valence-electron chi connectivity index (χ1n) is 9.08. The van der Waals surface area contributed by atoms with E-state index in [0.29, 0.717) is 16.6 Å². The fourth-order valence-corrected chi connectivity index (χ4v) is 9.69. The van der Waals surface area contributed by atoms with Crippen molar-refractivity contribution >= 4 is 14.0 Å². The lowest BCUT2D eigenvalue weighted by molar-refractivity contribution is -0.160. The smallest absolute Gasteiger partial charge is 0.337 e. The molecular formula is C19H32O4Si. The van der Waals surface area contributed by atoms with Crippen LogP contribution in [0.4, 0.5) is 0 Å². The van der Waals surface area contributed by atoms with Gasteiger partial charge in [-0.05, 0) is 16.6 Å². The Labute approximate surface area is 147 Å². The fraction of sp³-hybridized carbons (Fsp3) is 0.842. The van der Waals surface area contributed by atoms with Crippen LogP contribution in [0.1, 0.15) is 48.5 Å². The number of esters is 1. The van der Waals surface area contributed by atoms with Crippen molar-refractivity contribution in [3.05, 3.63) is 0 Å². The van der Waals surface area contributed by atoms with Gasteiger partial charge in [-0.2, -0.15) is 0 Å². The standard InChI is InChI=1S/C19H32O4Si/c1-11(2)24(12(3)4,13(5)6)10-9-15-14(7)16-17(23-16)18(22-15)19(20)21-8/h11-18H,1-8H3/t14-,15-,16-,17-,18-/m0/s1. The van der Waals surface area contributed by atoms with Crippen LogP contribution in [-0.2, 0) is 19.0 Å². The van der Waals surface area contributed by atoms with E-state index in [1.54, 1.807) is 0 Å². The molecule has 0 saturated carbocycles. The Morgan fingerprint density at radius 3 is 2.00 bits per heavy atom. The van der Waals surface area contributed by atoms with Gasteiger partial charge in [0.15, 0.2) is 6.10 Å². The average molecular weight is 353 g/mol. The monoisotopic (exact) mass is 352 g/mol. The molecule has 2 aliphatic rings. The highest BCUT2D eigenvalue weighted by Gasteiger charge is 2.58. The zero-order valence-corrected chi connectivity index (χ0v) is 17.3. The molecule has 0 amide bonds. The van der Waals surface area contributed by atoms with Crippen LogP contribution in [0.15, 0.2) is 0 Å². The molecule has 2 saturated heterocycles. The second-order valence-corrected chi connectivity index (χ2v) is 13.7. The summed E-state index contributed by atoms with van der Waals surface area (Å²) in [6, 6.07) is 0. The molecule has 24 heavy (non-hydrogen) atoms. The van der Waals surface area contributed by atoms with Gasteiger partial charge in [-0.15, -0.1) is 5.54 Å². The molecule has 5 atom stereocenters. The quantitative estimate of drug-likeness (QED) is 0.336. The Bertz CT molecular complexity index is 509. The maximum Gasteiger partial charge on any atom is 0.337 e. The minimum Gasteiger partial charge on any atom is -0.467 e. The summed E-state index contributed by atoms with van der Waals surface area (Å²) >= 11 is 0. The number of carbonyl (C=O) groups is 1. The number of carbonyl (C=O) groups excluding carboxylic acids is 1. The predicted molar refractivity (Wildman–Crippen MR) is 97.3 cm³/mol. The molecule has 0 unspecified atom stereocenters. The second kappa shape index (κ2) is 7.19. The van der Waals surface area contributed by atoms with Crippen LogP contribution in [0.25, 0.3) is 0 Å². The average Bonchev–Trinajstić information content (AvgIpc) is 3.29. The van der Waals surface area contributed by atoms with Gasteiger partial charge >= 0.3 is 5.97 Å². The Morgan fingerprint density at radius 2 is 1.54 bits per heavy atom. The van der Waals surface area contributed by atoms with E-state index in [0.717, 1.165) is 0 Å². The summed E-state index contributed by atoms with van der Waals surface area (Å²) in [7, 11) is -0.420. The summed E-state index contributed by atoms with van der Waals surface area (Å²) in [5, 5.41) is 0. The zero-order chi connectivity index (χ0) is 18.2. The number of methoxy groups -OCH3 is 1. The lowest BCUT2D eigenvalue weighted by Crippen LogP contribution is -2.46. The third-order valence-corrected chi connectivity index (χ3v) is 12.2. The Balaban J connectivity index is 2.28. The Hall–Kier alpha value is -0.833. The van der Waals surface area contributed by atoms with E-state index in [1.165, 1.54) is 7.11 Å². The number of fused-ring (bicyclic) bond motifs is 1. The molecule has 2 heterocycles. The van der Waals surface area contributed by atoms with E-state index < -0.39 is 14.2 Å². The van der Waals surface area contributed by atoms with Gasteiger partial charge in [0, 0.05) is 5.92 Å². The third kappa shape index (κ3) is 3.29. The van der Waals surface area contributed by atoms with Crippen molar-refractivity contribution < 1.29 is 19.0 Å². The number of epoxide rings is 1. The van der Waals surface area contributed by atoms with E-state index in [1.807, 2.05) is 0 Å². The molecule has 0 radical (unpaired) electrons. The topological polar surface area (TPSA) is 48.1 Å². The maximum atomic E-state index is 11.9. The van der Waals surface area contributed by atoms with Crippen molar-refractivity contribution in [3.8, 4) is 11.5 Å². The molecule has 2 rings (SSSR count). The van der Waals surface area contributed by atoms with Crippen LogP contribution in [0, 0.1) is 17.4 Å². The van der Waals surface area contributed by atoms with E-state index in [2.05, 4.69) is 59.9 Å². The van der Waals surface area contributed by atoms with Crippen molar-refractivity contribution in [3.63, 3.8) is 0 Å². The highest BCUT2D eigenvalue weighted by atomic mass is 28.3. The molecule has 4 nitrogen and oxygen atoms in total. The molecule has 0 N–H and O–H groups in total. The van der Waals surface area contributed by atoms with Crippen molar-refractivity contribution in [1.29, 1.82) is 0 Å². The summed E-state index contributed by atoms with van der Waals surface area (Å²) in [5.74, 6) is 3.25. The fourth-order valence-electron chi connectivity index (χ4n) is 4.43. The molecule has 0 aliphatic carbocycles. The number of rotatable bonds is 4. The van der Waals surface area contributed by atoms with Crippen LogP contribution in [-0.4, -0.2) is 45.6 Å². The maximum absolute atomic E-state index is 11.9. The zero-order valence-electron chi connectivity index (χ0n) is 16.3. The van der Waals surface area contributed by atoms with E-state index in [9.17, 15) is 4.79 Å². The Morgan fingerprint density at radius 1 is 1.00 bits per heavy atom. The first-order chi connectivity index (χ1) is 11.2. The molecule has 0 aromatic carbocycles. The second-order valence-electron chi connectivity index (χ2n) is 8.09. The molecular weight excluding hydrogens is 320 g/mol. The molecule has 5 heteroatoms. The van der Waals surface area contributed by atoms with E-state index in [4.69, 9.17) is 14.2 Å². The SMILES string of the molecule is COC(=O)[C@H]1O[C@@H](C#C[Si](C(C)C)(C(C)C)C(C)C)[C@H](C)[C@@H]2O[C@@H]21. The molecule has 136 valence electrons. The van der Waals surface area contributed by atoms with E-state index >= 15 is 0 Å². The van der Waals surface area contributed by atoms with Crippen LogP contribution < -0.4 is 0 Å². The normalized spacial score (nSPS) is 32.4. The van der Waals surface area contributed by atoms with Crippen molar-refractivity contribution in [2.45, 2.75) is 89.5 Å². The van der Waals surface area contributed by atoms with Crippen molar-refractivity contribution in [2.24, 2.45) is 5.92 Å². The molecule has 2 fully saturated rings. The summed E-state index contributed by atoms with van der Waals surface area (Å²) in [6.45, 7) is 15.9. The van der Waals surface area contributed by atoms with Gasteiger partial charge in [0.1, 0.15) is 20.3 Å². The van der Waals surface area contributed by atoms with Crippen molar-refractivity contribution in [1.82, 2.24) is 0 Å². The molecule has 0 bridgehead atoms. The van der Waals surface area contributed by atoms with Crippen LogP contribution in [0.2, 0.25) is 16.6 Å². The lowest BCUT2D eigenvalue weighted by Gasteiger charge is -2.38. The van der Waals surface area contributed by atoms with Gasteiger partial charge < -0.3 is 14.2 Å². The van der Waals surface area contributed by atoms with Gasteiger partial charge in [-0.1, -0.05) is 54.4 Å². The molecule has 0 spiro atoms. The largest absolute Gasteiger partial charge is 0.467 e. The highest BCUT2D eigenvalue weighted by molar-refractivity contribution is 6.90. The minimum absolute atomic E-state index is 0.0652. The van der Waals surface area contributed by atoms with Crippen LogP contribution in [0.5, 0.6) is 0 Å².